The molecular weight excluding hydrogens is 473 g/mol. The third kappa shape index (κ3) is 7.03. The van der Waals surface area contributed by atoms with Gasteiger partial charge in [-0.05, 0) is 75.7 Å². The minimum absolute atomic E-state index is 0.112. The van der Waals surface area contributed by atoms with Crippen molar-refractivity contribution < 1.29 is 27.1 Å². The van der Waals surface area contributed by atoms with Crippen LogP contribution in [0.2, 0.25) is 0 Å². The summed E-state index contributed by atoms with van der Waals surface area (Å²) >= 11 is 0. The molecule has 10 heteroatoms. The van der Waals surface area contributed by atoms with Gasteiger partial charge in [-0.3, -0.25) is 14.8 Å². The molecule has 0 aliphatic carbocycles. The van der Waals surface area contributed by atoms with E-state index in [9.17, 15) is 22.4 Å². The standard InChI is InChI=1S/C25H26FN3O5S/c1-16-12-13-19(15-22(16)35(32,33)29-21-11-6-5-10-20(21)26)27-23(30)17-8-7-9-18(14-17)28-24(31)34-25(2,3)4/h5-15,29H,1-4H3,(H,27,30)(H,28,31). The van der Waals surface area contributed by atoms with Crippen molar-refractivity contribution in [2.45, 2.75) is 38.2 Å². The molecule has 3 rings (SSSR count). The Kier molecular flexibility index (Phi) is 7.45. The molecule has 0 aromatic heterocycles. The summed E-state index contributed by atoms with van der Waals surface area (Å²) in [6, 6.07) is 16.0. The molecule has 0 unspecified atom stereocenters. The van der Waals surface area contributed by atoms with Crippen molar-refractivity contribution in [2.75, 3.05) is 15.4 Å². The van der Waals surface area contributed by atoms with Gasteiger partial charge in [-0.15, -0.1) is 0 Å². The lowest BCUT2D eigenvalue weighted by Gasteiger charge is -2.19. The number of rotatable bonds is 6. The third-order valence-electron chi connectivity index (χ3n) is 4.62. The second-order valence-electron chi connectivity index (χ2n) is 8.73. The number of amides is 2. The van der Waals surface area contributed by atoms with Gasteiger partial charge in [-0.25, -0.2) is 17.6 Å². The number of carbonyl (C=O) groups is 2. The molecule has 0 aliphatic rings. The second kappa shape index (κ2) is 10.1. The highest BCUT2D eigenvalue weighted by Gasteiger charge is 2.20. The molecule has 0 spiro atoms. The van der Waals surface area contributed by atoms with E-state index in [4.69, 9.17) is 4.74 Å². The fourth-order valence-corrected chi connectivity index (χ4v) is 4.41. The van der Waals surface area contributed by atoms with Gasteiger partial charge in [0, 0.05) is 16.9 Å². The zero-order valence-corrected chi connectivity index (χ0v) is 20.5. The molecule has 0 radical (unpaired) electrons. The van der Waals surface area contributed by atoms with Crippen molar-refractivity contribution in [1.82, 2.24) is 0 Å². The van der Waals surface area contributed by atoms with Crippen LogP contribution in [-0.4, -0.2) is 26.0 Å². The fraction of sp³-hybridized carbons (Fsp3) is 0.200. The van der Waals surface area contributed by atoms with Crippen molar-refractivity contribution in [1.29, 1.82) is 0 Å². The quantitative estimate of drug-likeness (QED) is 0.412. The normalized spacial score (nSPS) is 11.5. The topological polar surface area (TPSA) is 114 Å². The molecule has 3 aromatic rings. The summed E-state index contributed by atoms with van der Waals surface area (Å²) in [5, 5.41) is 5.21. The zero-order valence-electron chi connectivity index (χ0n) is 19.7. The Morgan fingerprint density at radius 1 is 0.886 bits per heavy atom. The number of aryl methyl sites for hydroxylation is 1. The average Bonchev–Trinajstić information content (AvgIpc) is 2.75. The molecule has 0 aliphatic heterocycles. The first-order valence-corrected chi connectivity index (χ1v) is 12.1. The molecule has 3 aromatic carbocycles. The smallest absolute Gasteiger partial charge is 0.412 e. The van der Waals surface area contributed by atoms with Gasteiger partial charge in [0.2, 0.25) is 0 Å². The predicted molar refractivity (Wildman–Crippen MR) is 133 cm³/mol. The average molecular weight is 500 g/mol. The lowest BCUT2D eigenvalue weighted by atomic mass is 10.1. The summed E-state index contributed by atoms with van der Waals surface area (Å²) < 4.78 is 47.2. The number of nitrogens with one attached hydrogen (secondary N) is 3. The fourth-order valence-electron chi connectivity index (χ4n) is 3.07. The number of para-hydroxylation sites is 1. The molecular formula is C25H26FN3O5S. The third-order valence-corrected chi connectivity index (χ3v) is 6.13. The van der Waals surface area contributed by atoms with Crippen molar-refractivity contribution in [3.05, 3.63) is 83.7 Å². The van der Waals surface area contributed by atoms with Gasteiger partial charge in [-0.1, -0.05) is 24.3 Å². The van der Waals surface area contributed by atoms with Crippen molar-refractivity contribution in [3.8, 4) is 0 Å². The van der Waals surface area contributed by atoms with Gasteiger partial charge in [0.1, 0.15) is 11.4 Å². The lowest BCUT2D eigenvalue weighted by molar-refractivity contribution is 0.0635. The molecule has 0 atom stereocenters. The molecule has 0 fully saturated rings. The Hall–Kier alpha value is -3.92. The highest BCUT2D eigenvalue weighted by molar-refractivity contribution is 7.92. The second-order valence-corrected chi connectivity index (χ2v) is 10.4. The molecule has 0 bridgehead atoms. The van der Waals surface area contributed by atoms with Crippen molar-refractivity contribution in [2.24, 2.45) is 0 Å². The van der Waals surface area contributed by atoms with Crippen LogP contribution in [-0.2, 0) is 14.8 Å². The number of carbonyl (C=O) groups excluding carboxylic acids is 2. The highest BCUT2D eigenvalue weighted by atomic mass is 32.2. The van der Waals surface area contributed by atoms with Crippen LogP contribution in [0.5, 0.6) is 0 Å². The Morgan fingerprint density at radius 2 is 1.57 bits per heavy atom. The van der Waals surface area contributed by atoms with E-state index in [1.165, 1.54) is 36.4 Å². The molecule has 184 valence electrons. The van der Waals surface area contributed by atoms with Crippen molar-refractivity contribution in [3.63, 3.8) is 0 Å². The minimum atomic E-state index is -4.13. The summed E-state index contributed by atoms with van der Waals surface area (Å²) in [6.07, 6.45) is -0.661. The molecule has 8 nitrogen and oxygen atoms in total. The summed E-state index contributed by atoms with van der Waals surface area (Å²) in [5.74, 6) is -1.23. The van der Waals surface area contributed by atoms with Gasteiger partial charge < -0.3 is 10.1 Å². The maximum Gasteiger partial charge on any atom is 0.412 e. The summed E-state index contributed by atoms with van der Waals surface area (Å²) in [4.78, 5) is 24.7. The van der Waals surface area contributed by atoms with Gasteiger partial charge in [0.15, 0.2) is 0 Å². The number of ether oxygens (including phenoxy) is 1. The van der Waals surface area contributed by atoms with Crippen LogP contribution in [0, 0.1) is 12.7 Å². The molecule has 0 heterocycles. The van der Waals surface area contributed by atoms with Gasteiger partial charge in [0.25, 0.3) is 15.9 Å². The van der Waals surface area contributed by atoms with E-state index >= 15 is 0 Å². The largest absolute Gasteiger partial charge is 0.444 e. The summed E-state index contributed by atoms with van der Waals surface area (Å²) in [5.41, 5.74) is 0.358. The van der Waals surface area contributed by atoms with Crippen LogP contribution in [0.3, 0.4) is 0 Å². The van der Waals surface area contributed by atoms with E-state index in [0.717, 1.165) is 6.07 Å². The van der Waals surface area contributed by atoms with E-state index < -0.39 is 33.4 Å². The SMILES string of the molecule is Cc1ccc(NC(=O)c2cccc(NC(=O)OC(C)(C)C)c2)cc1S(=O)(=O)Nc1ccccc1F. The van der Waals surface area contributed by atoms with Crippen molar-refractivity contribution >= 4 is 39.1 Å². The number of benzene rings is 3. The Bertz CT molecular complexity index is 1370. The molecule has 3 N–H and O–H groups in total. The maximum atomic E-state index is 13.9. The van der Waals surface area contributed by atoms with Crippen LogP contribution in [0.25, 0.3) is 0 Å². The number of sulfonamides is 1. The Morgan fingerprint density at radius 3 is 2.26 bits per heavy atom. The Balaban J connectivity index is 1.78. The molecule has 0 saturated heterocycles. The molecule has 2 amide bonds. The zero-order chi connectivity index (χ0) is 25.8. The first-order valence-electron chi connectivity index (χ1n) is 10.6. The predicted octanol–water partition coefficient (Wildman–Crippen LogP) is 5.53. The Labute approximate surface area is 203 Å². The van der Waals surface area contributed by atoms with E-state index in [1.54, 1.807) is 52.0 Å². The van der Waals surface area contributed by atoms with Crippen LogP contribution in [0.4, 0.5) is 26.2 Å². The van der Waals surface area contributed by atoms with Crippen LogP contribution >= 0.6 is 0 Å². The number of halogens is 1. The number of hydrogen-bond donors (Lipinski definition) is 3. The molecule has 35 heavy (non-hydrogen) atoms. The van der Waals surface area contributed by atoms with Crippen LogP contribution in [0.15, 0.2) is 71.6 Å². The van der Waals surface area contributed by atoms with E-state index in [-0.39, 0.29) is 21.8 Å². The van der Waals surface area contributed by atoms with E-state index in [1.807, 2.05) is 0 Å². The minimum Gasteiger partial charge on any atom is -0.444 e. The van der Waals surface area contributed by atoms with E-state index in [0.29, 0.717) is 11.3 Å². The number of hydrogen-bond acceptors (Lipinski definition) is 5. The monoisotopic (exact) mass is 499 g/mol. The first-order chi connectivity index (χ1) is 16.3. The number of anilines is 3. The summed E-state index contributed by atoms with van der Waals surface area (Å²) in [7, 11) is -4.13. The maximum absolute atomic E-state index is 13.9. The first kappa shape index (κ1) is 25.7. The van der Waals surface area contributed by atoms with E-state index in [2.05, 4.69) is 15.4 Å². The van der Waals surface area contributed by atoms with Crippen LogP contribution in [0.1, 0.15) is 36.7 Å². The van der Waals surface area contributed by atoms with Gasteiger partial charge >= 0.3 is 6.09 Å². The van der Waals surface area contributed by atoms with Crippen LogP contribution < -0.4 is 15.4 Å². The molecule has 0 saturated carbocycles. The highest BCUT2D eigenvalue weighted by Crippen LogP contribution is 2.25. The summed E-state index contributed by atoms with van der Waals surface area (Å²) in [6.45, 7) is 6.79. The lowest BCUT2D eigenvalue weighted by Crippen LogP contribution is -2.27. The van der Waals surface area contributed by atoms with Gasteiger partial charge in [0.05, 0.1) is 10.6 Å². The van der Waals surface area contributed by atoms with Gasteiger partial charge in [-0.2, -0.15) is 0 Å².